The van der Waals surface area contributed by atoms with Gasteiger partial charge in [0.2, 0.25) is 0 Å². The van der Waals surface area contributed by atoms with Crippen molar-refractivity contribution in [3.05, 3.63) is 16.1 Å². The van der Waals surface area contributed by atoms with Gasteiger partial charge in [0.1, 0.15) is 5.60 Å². The molecule has 1 aromatic rings. The van der Waals surface area contributed by atoms with Gasteiger partial charge in [0.25, 0.3) is 0 Å². The van der Waals surface area contributed by atoms with Gasteiger partial charge >= 0.3 is 12.3 Å². The highest BCUT2D eigenvalue weighted by molar-refractivity contribution is 7.09. The second kappa shape index (κ2) is 10.7. The fraction of sp³-hybridized carbons (Fsp3) is 0.722. The molecule has 1 atom stereocenters. The zero-order chi connectivity index (χ0) is 22.2. The van der Waals surface area contributed by atoms with E-state index in [9.17, 15) is 18.0 Å². The molecule has 0 spiro atoms. The van der Waals surface area contributed by atoms with Gasteiger partial charge in [0, 0.05) is 45.5 Å². The number of guanidine groups is 1. The largest absolute Gasteiger partial charge is 0.444 e. The predicted octanol–water partition coefficient (Wildman–Crippen LogP) is 3.37. The van der Waals surface area contributed by atoms with Gasteiger partial charge in [-0.15, -0.1) is 11.3 Å². The number of ether oxygens (including phenoxy) is 1. The number of aromatic nitrogens is 1. The second-order valence-corrected chi connectivity index (χ2v) is 8.66. The van der Waals surface area contributed by atoms with Crippen molar-refractivity contribution in [2.45, 2.75) is 45.9 Å². The summed E-state index contributed by atoms with van der Waals surface area (Å²) in [5, 5.41) is 7.62. The van der Waals surface area contributed by atoms with Crippen molar-refractivity contribution in [3.63, 3.8) is 0 Å². The van der Waals surface area contributed by atoms with Crippen molar-refractivity contribution < 1.29 is 22.7 Å². The summed E-state index contributed by atoms with van der Waals surface area (Å²) in [5.74, 6) is 0.656. The molecule has 0 radical (unpaired) electrons. The molecule has 166 valence electrons. The number of aliphatic imine (C=N–C) groups is 1. The van der Waals surface area contributed by atoms with E-state index in [4.69, 9.17) is 4.74 Å². The van der Waals surface area contributed by atoms with Crippen LogP contribution < -0.4 is 10.6 Å². The van der Waals surface area contributed by atoms with Gasteiger partial charge in [-0.25, -0.2) is 9.78 Å². The zero-order valence-corrected chi connectivity index (χ0v) is 18.5. The average molecular weight is 438 g/mol. The minimum Gasteiger partial charge on any atom is -0.444 e. The minimum atomic E-state index is -4.41. The summed E-state index contributed by atoms with van der Waals surface area (Å²) >= 11 is 0.986. The maximum absolute atomic E-state index is 12.6. The summed E-state index contributed by atoms with van der Waals surface area (Å²) in [4.78, 5) is 21.2. The molecule has 0 fully saturated rings. The molecule has 1 aromatic heterocycles. The van der Waals surface area contributed by atoms with Crippen molar-refractivity contribution in [1.82, 2.24) is 20.5 Å². The highest BCUT2D eigenvalue weighted by Gasteiger charge is 2.33. The molecule has 2 N–H and O–H groups in total. The molecule has 0 aliphatic carbocycles. The molecular formula is C18H30F3N5O2S. The molecule has 7 nitrogen and oxygen atoms in total. The predicted molar refractivity (Wildman–Crippen MR) is 108 cm³/mol. The lowest BCUT2D eigenvalue weighted by molar-refractivity contribution is -0.140. The van der Waals surface area contributed by atoms with Gasteiger partial charge in [-0.1, -0.05) is 6.92 Å². The standard InChI is InChI=1S/C18H30F3N5O2S/c1-12(10-26(6)16(27)28-17(2,3)4)9-24-15(22-5)23-8-7-14-25-13(11-29-14)18(19,20)21/h11-12H,7-10H2,1-6H3,(H2,22,23,24). The lowest BCUT2D eigenvalue weighted by Crippen LogP contribution is -2.43. The third-order valence-corrected chi connectivity index (χ3v) is 4.51. The van der Waals surface area contributed by atoms with E-state index in [0.29, 0.717) is 37.0 Å². The summed E-state index contributed by atoms with van der Waals surface area (Å²) in [7, 11) is 3.29. The number of hydrogen-bond acceptors (Lipinski definition) is 5. The molecule has 0 aliphatic heterocycles. The smallest absolute Gasteiger partial charge is 0.434 e. The molecule has 1 amide bonds. The van der Waals surface area contributed by atoms with Crippen LogP contribution in [0.3, 0.4) is 0 Å². The Balaban J connectivity index is 2.36. The molecule has 11 heteroatoms. The normalized spacial score (nSPS) is 13.8. The van der Waals surface area contributed by atoms with Crippen LogP contribution in [-0.4, -0.2) is 61.3 Å². The second-order valence-electron chi connectivity index (χ2n) is 7.72. The SMILES string of the molecule is CN=C(NCCc1nc(C(F)(F)F)cs1)NCC(C)CN(C)C(=O)OC(C)(C)C. The summed E-state index contributed by atoms with van der Waals surface area (Å²) in [6, 6.07) is 0. The minimum absolute atomic E-state index is 0.124. The van der Waals surface area contributed by atoms with Crippen LogP contribution in [0.25, 0.3) is 0 Å². The summed E-state index contributed by atoms with van der Waals surface area (Å²) < 4.78 is 43.0. The van der Waals surface area contributed by atoms with Gasteiger partial charge in [-0.05, 0) is 26.7 Å². The maximum Gasteiger partial charge on any atom is 0.434 e. The maximum atomic E-state index is 12.6. The first kappa shape index (κ1) is 25.0. The Morgan fingerprint density at radius 1 is 1.34 bits per heavy atom. The molecule has 1 heterocycles. The quantitative estimate of drug-likeness (QED) is 0.505. The summed E-state index contributed by atoms with van der Waals surface area (Å²) in [6.45, 7) is 8.88. The molecule has 0 saturated carbocycles. The first-order valence-corrected chi connectivity index (χ1v) is 10.1. The Hall–Kier alpha value is -2.04. The third-order valence-electron chi connectivity index (χ3n) is 3.61. The number of carbonyl (C=O) groups is 1. The summed E-state index contributed by atoms with van der Waals surface area (Å²) in [6.07, 6.45) is -4.44. The summed E-state index contributed by atoms with van der Waals surface area (Å²) in [5.41, 5.74) is -1.40. The molecular weight excluding hydrogens is 407 g/mol. The number of rotatable bonds is 7. The van der Waals surface area contributed by atoms with Gasteiger partial charge in [-0.2, -0.15) is 13.2 Å². The molecule has 29 heavy (non-hydrogen) atoms. The lowest BCUT2D eigenvalue weighted by Gasteiger charge is -2.26. The average Bonchev–Trinajstić information content (AvgIpc) is 3.05. The van der Waals surface area contributed by atoms with Gasteiger partial charge in [0.05, 0.1) is 5.01 Å². The van der Waals surface area contributed by atoms with E-state index in [0.717, 1.165) is 16.7 Å². The van der Waals surface area contributed by atoms with Crippen LogP contribution in [0.2, 0.25) is 0 Å². The van der Waals surface area contributed by atoms with E-state index in [-0.39, 0.29) is 12.0 Å². The Morgan fingerprint density at radius 2 is 2.00 bits per heavy atom. The topological polar surface area (TPSA) is 78.9 Å². The molecule has 0 saturated heterocycles. The number of amides is 1. The fourth-order valence-electron chi connectivity index (χ4n) is 2.28. The zero-order valence-electron chi connectivity index (χ0n) is 17.7. The van der Waals surface area contributed by atoms with Crippen molar-refractivity contribution in [1.29, 1.82) is 0 Å². The third kappa shape index (κ3) is 9.82. The molecule has 0 aromatic carbocycles. The van der Waals surface area contributed by atoms with E-state index >= 15 is 0 Å². The Bertz CT molecular complexity index is 686. The van der Waals surface area contributed by atoms with Crippen molar-refractivity contribution in [3.8, 4) is 0 Å². The Labute approximate surface area is 173 Å². The molecule has 1 rings (SSSR count). The highest BCUT2D eigenvalue weighted by atomic mass is 32.1. The van der Waals surface area contributed by atoms with E-state index in [1.807, 2.05) is 27.7 Å². The molecule has 0 bridgehead atoms. The van der Waals surface area contributed by atoms with Crippen molar-refractivity contribution in [2.75, 3.05) is 33.7 Å². The highest BCUT2D eigenvalue weighted by Crippen LogP contribution is 2.29. The number of halogens is 3. The van der Waals surface area contributed by atoms with E-state index in [2.05, 4.69) is 20.6 Å². The van der Waals surface area contributed by atoms with Crippen LogP contribution in [0.15, 0.2) is 10.4 Å². The fourth-order valence-corrected chi connectivity index (χ4v) is 3.09. The monoisotopic (exact) mass is 437 g/mol. The van der Waals surface area contributed by atoms with Crippen LogP contribution in [-0.2, 0) is 17.3 Å². The van der Waals surface area contributed by atoms with Crippen molar-refractivity contribution in [2.24, 2.45) is 10.9 Å². The van der Waals surface area contributed by atoms with Crippen LogP contribution in [0.4, 0.5) is 18.0 Å². The number of carbonyl (C=O) groups excluding carboxylic acids is 1. The van der Waals surface area contributed by atoms with Crippen LogP contribution in [0.5, 0.6) is 0 Å². The van der Waals surface area contributed by atoms with Gasteiger partial charge in [-0.3, -0.25) is 4.99 Å². The van der Waals surface area contributed by atoms with Crippen LogP contribution in [0.1, 0.15) is 38.4 Å². The molecule has 0 aliphatic rings. The number of thiazole rings is 1. The van der Waals surface area contributed by atoms with Gasteiger partial charge in [0.15, 0.2) is 11.7 Å². The number of nitrogens with one attached hydrogen (secondary N) is 2. The van der Waals surface area contributed by atoms with E-state index in [1.165, 1.54) is 4.90 Å². The Kier molecular flexibility index (Phi) is 9.18. The number of nitrogens with zero attached hydrogens (tertiary/aromatic N) is 3. The Morgan fingerprint density at radius 3 is 2.52 bits per heavy atom. The lowest BCUT2D eigenvalue weighted by atomic mass is 10.1. The molecule has 1 unspecified atom stereocenters. The van der Waals surface area contributed by atoms with Crippen LogP contribution >= 0.6 is 11.3 Å². The van der Waals surface area contributed by atoms with E-state index < -0.39 is 17.5 Å². The first-order valence-electron chi connectivity index (χ1n) is 9.22. The van der Waals surface area contributed by atoms with Crippen molar-refractivity contribution >= 4 is 23.4 Å². The number of hydrogen-bond donors (Lipinski definition) is 2. The first-order chi connectivity index (χ1) is 13.3. The van der Waals surface area contributed by atoms with Gasteiger partial charge < -0.3 is 20.3 Å². The van der Waals surface area contributed by atoms with E-state index in [1.54, 1.807) is 14.1 Å². The van der Waals surface area contributed by atoms with Crippen LogP contribution in [0, 0.1) is 5.92 Å². The number of alkyl halides is 3.